The fourth-order valence-corrected chi connectivity index (χ4v) is 4.32. The maximum atomic E-state index is 6.09. The van der Waals surface area contributed by atoms with E-state index in [0.717, 1.165) is 21.2 Å². The molecule has 9 heteroatoms. The molecule has 0 saturated heterocycles. The molecule has 0 aliphatic rings. The minimum Gasteiger partial charge on any atom is -0.490 e. The molecule has 0 saturated carbocycles. The topological polar surface area (TPSA) is 64.1 Å². The molecule has 6 nitrogen and oxygen atoms in total. The third-order valence-corrected chi connectivity index (χ3v) is 5.88. The van der Waals surface area contributed by atoms with E-state index >= 15 is 0 Å². The molecule has 170 valence electrons. The predicted octanol–water partition coefficient (Wildman–Crippen LogP) is 6.74. The highest BCUT2D eigenvalue weighted by molar-refractivity contribution is 9.10. The van der Waals surface area contributed by atoms with Gasteiger partial charge in [0.05, 0.1) is 17.6 Å². The van der Waals surface area contributed by atoms with E-state index in [9.17, 15) is 0 Å². The van der Waals surface area contributed by atoms with Gasteiger partial charge < -0.3 is 14.9 Å². The summed E-state index contributed by atoms with van der Waals surface area (Å²) in [5.41, 5.74) is 6.27. The number of halogens is 2. The van der Waals surface area contributed by atoms with Crippen LogP contribution in [0.2, 0.25) is 5.02 Å². The average Bonchev–Trinajstić information content (AvgIpc) is 3.18. The molecule has 4 rings (SSSR count). The number of aromatic nitrogens is 3. The first-order valence-corrected chi connectivity index (χ1v) is 11.9. The van der Waals surface area contributed by atoms with Crippen LogP contribution in [0.1, 0.15) is 18.1 Å². The molecule has 0 aliphatic carbocycles. The van der Waals surface area contributed by atoms with E-state index in [2.05, 4.69) is 31.6 Å². The minimum atomic E-state index is 0.376. The van der Waals surface area contributed by atoms with Crippen LogP contribution in [0.15, 0.2) is 71.2 Å². The Bertz CT molecular complexity index is 1290. The number of nitrogens with zero attached hydrogens (tertiary/aromatic N) is 2. The van der Waals surface area contributed by atoms with Crippen molar-refractivity contribution in [3.63, 3.8) is 0 Å². The minimum absolute atomic E-state index is 0.376. The predicted molar refractivity (Wildman–Crippen MR) is 137 cm³/mol. The van der Waals surface area contributed by atoms with Crippen LogP contribution in [0.3, 0.4) is 0 Å². The van der Waals surface area contributed by atoms with Crippen molar-refractivity contribution in [3.8, 4) is 22.9 Å². The van der Waals surface area contributed by atoms with Crippen molar-refractivity contribution in [1.29, 1.82) is 0 Å². The standard InChI is InChI=1S/C24H22BrClN4O2S/c1-2-31-21-13-17(12-20(25)22(21)32-15-16-7-6-10-19(26)11-16)14-27-30-23(28-29-24(30)33)18-8-4-3-5-9-18/h3-13,27H,2,14-15H2,1H3,(H,29,33). The Kier molecular flexibility index (Phi) is 7.69. The summed E-state index contributed by atoms with van der Waals surface area (Å²) < 4.78 is 15.0. The average molecular weight is 546 g/mol. The van der Waals surface area contributed by atoms with Gasteiger partial charge in [-0.3, -0.25) is 0 Å². The van der Waals surface area contributed by atoms with Gasteiger partial charge in [-0.1, -0.05) is 54.1 Å². The molecule has 0 spiro atoms. The SMILES string of the molecule is CCOc1cc(CNn2c(-c3ccccc3)n[nH]c2=S)cc(Br)c1OCc1cccc(Cl)c1. The van der Waals surface area contributed by atoms with Gasteiger partial charge in [-0.05, 0) is 70.5 Å². The molecule has 1 heterocycles. The van der Waals surface area contributed by atoms with Crippen LogP contribution in [0.5, 0.6) is 11.5 Å². The van der Waals surface area contributed by atoms with Crippen molar-refractivity contribution in [2.24, 2.45) is 0 Å². The van der Waals surface area contributed by atoms with Crippen LogP contribution in [0.4, 0.5) is 0 Å². The van der Waals surface area contributed by atoms with E-state index < -0.39 is 0 Å². The van der Waals surface area contributed by atoms with Gasteiger partial charge in [0.2, 0.25) is 4.77 Å². The third kappa shape index (κ3) is 5.76. The number of rotatable bonds is 9. The van der Waals surface area contributed by atoms with Crippen LogP contribution >= 0.6 is 39.7 Å². The van der Waals surface area contributed by atoms with Crippen molar-refractivity contribution in [3.05, 3.63) is 92.1 Å². The maximum Gasteiger partial charge on any atom is 0.214 e. The van der Waals surface area contributed by atoms with Crippen LogP contribution in [-0.2, 0) is 13.2 Å². The van der Waals surface area contributed by atoms with Crippen LogP contribution in [0, 0.1) is 4.77 Å². The summed E-state index contributed by atoms with van der Waals surface area (Å²) in [5, 5.41) is 7.88. The Balaban J connectivity index is 1.54. The van der Waals surface area contributed by atoms with Crippen molar-refractivity contribution in [2.75, 3.05) is 12.0 Å². The summed E-state index contributed by atoms with van der Waals surface area (Å²) in [6, 6.07) is 21.4. The summed E-state index contributed by atoms with van der Waals surface area (Å²) in [5.74, 6) is 2.02. The maximum absolute atomic E-state index is 6.09. The van der Waals surface area contributed by atoms with Crippen molar-refractivity contribution in [2.45, 2.75) is 20.1 Å². The Morgan fingerprint density at radius 3 is 2.64 bits per heavy atom. The summed E-state index contributed by atoms with van der Waals surface area (Å²) in [6.07, 6.45) is 0. The number of nitrogens with one attached hydrogen (secondary N) is 2. The number of hydrogen-bond donors (Lipinski definition) is 2. The van der Waals surface area contributed by atoms with Gasteiger partial charge in [0.15, 0.2) is 17.3 Å². The van der Waals surface area contributed by atoms with E-state index in [1.165, 1.54) is 0 Å². The molecule has 0 aliphatic heterocycles. The molecule has 33 heavy (non-hydrogen) atoms. The van der Waals surface area contributed by atoms with Gasteiger partial charge in [-0.15, -0.1) is 0 Å². The van der Waals surface area contributed by atoms with Crippen LogP contribution in [-0.4, -0.2) is 21.5 Å². The summed E-state index contributed by atoms with van der Waals surface area (Å²) in [6.45, 7) is 3.33. The highest BCUT2D eigenvalue weighted by Crippen LogP contribution is 2.37. The second-order valence-electron chi connectivity index (χ2n) is 7.15. The number of benzene rings is 3. The molecule has 3 aromatic carbocycles. The molecule has 0 atom stereocenters. The Morgan fingerprint density at radius 2 is 1.88 bits per heavy atom. The van der Waals surface area contributed by atoms with Crippen molar-refractivity contribution >= 4 is 39.7 Å². The third-order valence-electron chi connectivity index (χ3n) is 4.79. The Labute approximate surface area is 210 Å². The van der Waals surface area contributed by atoms with Gasteiger partial charge in [0.25, 0.3) is 0 Å². The lowest BCUT2D eigenvalue weighted by atomic mass is 10.2. The molecule has 0 amide bonds. The van der Waals surface area contributed by atoms with E-state index in [1.54, 1.807) is 4.68 Å². The van der Waals surface area contributed by atoms with E-state index in [1.807, 2.05) is 73.7 Å². The number of aromatic amines is 1. The highest BCUT2D eigenvalue weighted by Gasteiger charge is 2.14. The Hall–Kier alpha value is -2.81. The molecule has 2 N–H and O–H groups in total. The lowest BCUT2D eigenvalue weighted by Gasteiger charge is -2.16. The highest BCUT2D eigenvalue weighted by atomic mass is 79.9. The largest absolute Gasteiger partial charge is 0.490 e. The van der Waals surface area contributed by atoms with Gasteiger partial charge in [-0.2, -0.15) is 5.10 Å². The first kappa shape index (κ1) is 23.4. The molecular weight excluding hydrogens is 524 g/mol. The fraction of sp³-hybridized carbons (Fsp3) is 0.167. The zero-order valence-electron chi connectivity index (χ0n) is 17.8. The first-order valence-electron chi connectivity index (χ1n) is 10.3. The molecule has 0 radical (unpaired) electrons. The van der Waals surface area contributed by atoms with E-state index in [0.29, 0.717) is 46.9 Å². The number of H-pyrrole nitrogens is 1. The quantitative estimate of drug-likeness (QED) is 0.228. The molecule has 1 aromatic heterocycles. The smallest absolute Gasteiger partial charge is 0.214 e. The summed E-state index contributed by atoms with van der Waals surface area (Å²) in [7, 11) is 0. The van der Waals surface area contributed by atoms with Gasteiger partial charge >= 0.3 is 0 Å². The lowest BCUT2D eigenvalue weighted by molar-refractivity contribution is 0.267. The molecule has 0 unspecified atom stereocenters. The fourth-order valence-electron chi connectivity index (χ4n) is 3.30. The second kappa shape index (κ2) is 10.9. The van der Waals surface area contributed by atoms with Crippen LogP contribution < -0.4 is 14.9 Å². The summed E-state index contributed by atoms with van der Waals surface area (Å²) in [4.78, 5) is 0. The zero-order valence-corrected chi connectivity index (χ0v) is 21.0. The normalized spacial score (nSPS) is 10.8. The Morgan fingerprint density at radius 1 is 1.06 bits per heavy atom. The van der Waals surface area contributed by atoms with Crippen molar-refractivity contribution in [1.82, 2.24) is 14.9 Å². The number of hydrogen-bond acceptors (Lipinski definition) is 5. The van der Waals surface area contributed by atoms with Gasteiger partial charge in [0.1, 0.15) is 6.61 Å². The monoisotopic (exact) mass is 544 g/mol. The molecule has 0 fully saturated rings. The lowest BCUT2D eigenvalue weighted by Crippen LogP contribution is -2.16. The van der Waals surface area contributed by atoms with Crippen molar-refractivity contribution < 1.29 is 9.47 Å². The zero-order chi connectivity index (χ0) is 23.2. The first-order chi connectivity index (χ1) is 16.0. The van der Waals surface area contributed by atoms with E-state index in [-0.39, 0.29) is 0 Å². The molecule has 4 aromatic rings. The van der Waals surface area contributed by atoms with E-state index in [4.69, 9.17) is 33.3 Å². The molecular formula is C24H22BrClN4O2S. The summed E-state index contributed by atoms with van der Waals surface area (Å²) >= 11 is 15.1. The van der Waals surface area contributed by atoms with Crippen LogP contribution in [0.25, 0.3) is 11.4 Å². The van der Waals surface area contributed by atoms with Gasteiger partial charge in [0, 0.05) is 10.6 Å². The number of ether oxygens (including phenoxy) is 2. The second-order valence-corrected chi connectivity index (χ2v) is 8.82. The molecule has 0 bridgehead atoms. The van der Waals surface area contributed by atoms with Gasteiger partial charge in [-0.25, -0.2) is 9.77 Å².